The molecule has 0 aliphatic carbocycles. The number of rotatable bonds is 7. The molecule has 52 heavy (non-hydrogen) atoms. The van der Waals surface area contributed by atoms with E-state index < -0.39 is 0 Å². The lowest BCUT2D eigenvalue weighted by atomic mass is 9.73. The van der Waals surface area contributed by atoms with Gasteiger partial charge in [-0.25, -0.2) is 0 Å². The van der Waals surface area contributed by atoms with Crippen molar-refractivity contribution in [2.45, 2.75) is 19.3 Å². The fourth-order valence-corrected chi connectivity index (χ4v) is 7.77. The molecule has 0 atom stereocenters. The maximum Gasteiger partial charge on any atom is 0.143 e. The van der Waals surface area contributed by atoms with Crippen LogP contribution in [0, 0.1) is 5.41 Å². The van der Waals surface area contributed by atoms with Crippen molar-refractivity contribution >= 4 is 61.7 Å². The van der Waals surface area contributed by atoms with Crippen molar-refractivity contribution in [1.29, 1.82) is 5.41 Å². The zero-order valence-electron chi connectivity index (χ0n) is 29.1. The number of furan rings is 1. The van der Waals surface area contributed by atoms with E-state index in [4.69, 9.17) is 4.42 Å². The highest BCUT2D eigenvalue weighted by Gasteiger charge is 2.37. The lowest BCUT2D eigenvalue weighted by molar-refractivity contribution is 0.632. The van der Waals surface area contributed by atoms with E-state index in [0.717, 1.165) is 72.6 Å². The summed E-state index contributed by atoms with van der Waals surface area (Å²) in [6.07, 6.45) is 0. The Labute approximate surface area is 303 Å². The van der Waals surface area contributed by atoms with Gasteiger partial charge in [-0.3, -0.25) is 5.41 Å². The lowest BCUT2D eigenvalue weighted by Crippen LogP contribution is -2.30. The van der Waals surface area contributed by atoms with Crippen molar-refractivity contribution in [1.82, 2.24) is 0 Å². The van der Waals surface area contributed by atoms with Gasteiger partial charge in [-0.15, -0.1) is 0 Å². The molecular formula is C48H37N3O. The quantitative estimate of drug-likeness (QED) is 0.131. The average molecular weight is 672 g/mol. The van der Waals surface area contributed by atoms with Gasteiger partial charge in [-0.05, 0) is 59.2 Å². The Morgan fingerprint density at radius 1 is 0.577 bits per heavy atom. The van der Waals surface area contributed by atoms with Crippen LogP contribution in [0.25, 0.3) is 33.2 Å². The molecule has 1 aliphatic rings. The van der Waals surface area contributed by atoms with Gasteiger partial charge in [0, 0.05) is 44.3 Å². The van der Waals surface area contributed by atoms with Gasteiger partial charge >= 0.3 is 0 Å². The van der Waals surface area contributed by atoms with E-state index in [1.54, 1.807) is 0 Å². The largest absolute Gasteiger partial charge is 0.455 e. The maximum absolute atomic E-state index is 10.0. The van der Waals surface area contributed by atoms with Gasteiger partial charge in [-0.2, -0.15) is 0 Å². The van der Waals surface area contributed by atoms with E-state index >= 15 is 0 Å². The fraction of sp³-hybridized carbons (Fsp3) is 0.0625. The normalized spacial score (nSPS) is 13.7. The Morgan fingerprint density at radius 3 is 1.77 bits per heavy atom. The highest BCUT2D eigenvalue weighted by molar-refractivity contribution is 6.38. The second kappa shape index (κ2) is 12.6. The number of anilines is 4. The van der Waals surface area contributed by atoms with E-state index in [9.17, 15) is 5.41 Å². The summed E-state index contributed by atoms with van der Waals surface area (Å²) in [6.45, 7) is 4.62. The summed E-state index contributed by atoms with van der Waals surface area (Å²) in [5.74, 6) is 0. The van der Waals surface area contributed by atoms with E-state index in [-0.39, 0.29) is 5.41 Å². The van der Waals surface area contributed by atoms with E-state index in [0.29, 0.717) is 5.71 Å². The molecule has 0 bridgehead atoms. The van der Waals surface area contributed by atoms with Crippen LogP contribution in [0.3, 0.4) is 0 Å². The van der Waals surface area contributed by atoms with Gasteiger partial charge in [0.05, 0.1) is 22.8 Å². The number of nitrogens with zero attached hydrogens (tertiary/aromatic N) is 1. The Morgan fingerprint density at radius 2 is 1.12 bits per heavy atom. The predicted molar refractivity (Wildman–Crippen MR) is 217 cm³/mol. The van der Waals surface area contributed by atoms with Crippen LogP contribution in [0.15, 0.2) is 180 Å². The summed E-state index contributed by atoms with van der Waals surface area (Å²) in [5.41, 5.74) is 12.6. The molecule has 0 saturated heterocycles. The maximum atomic E-state index is 10.0. The molecule has 2 heterocycles. The molecule has 250 valence electrons. The molecule has 4 nitrogen and oxygen atoms in total. The summed E-state index contributed by atoms with van der Waals surface area (Å²) >= 11 is 0. The third-order valence-corrected chi connectivity index (χ3v) is 10.3. The standard InChI is InChI=1S/C48H37N3O/c1-48(2)39-25-13-15-27-41(39)51(42-28-16-14-26-40(42)48)35-30-37-36-24-12-17-29-43(36)52-47(37)38(31-35)44(45(49)32-18-6-3-7-19-32)46(33-20-8-4-9-21-33)50-34-22-10-5-11-23-34/h3-31,49-50H,1-2H3/b46-44-,49-45?. The van der Waals surface area contributed by atoms with Crippen molar-refractivity contribution in [2.24, 2.45) is 0 Å². The minimum absolute atomic E-state index is 0.195. The van der Waals surface area contributed by atoms with Crippen LogP contribution in [0.4, 0.5) is 22.7 Å². The Hall–Kier alpha value is -6.65. The van der Waals surface area contributed by atoms with Crippen molar-refractivity contribution in [3.8, 4) is 0 Å². The van der Waals surface area contributed by atoms with Gasteiger partial charge in [0.2, 0.25) is 0 Å². The van der Waals surface area contributed by atoms with Gasteiger partial charge in [0.1, 0.15) is 11.2 Å². The fourth-order valence-electron chi connectivity index (χ4n) is 7.77. The van der Waals surface area contributed by atoms with Gasteiger partial charge in [-0.1, -0.05) is 147 Å². The SMILES string of the molecule is CC1(C)c2ccccc2N(c2cc(/C(C(=N)c3ccccc3)=C(/Nc3ccccc3)c3ccccc3)c3oc4ccccc4c3c2)c2ccccc21. The molecule has 1 aliphatic heterocycles. The predicted octanol–water partition coefficient (Wildman–Crippen LogP) is 12.7. The first-order chi connectivity index (χ1) is 25.5. The molecule has 8 aromatic rings. The van der Waals surface area contributed by atoms with Gasteiger partial charge in [0.25, 0.3) is 0 Å². The van der Waals surface area contributed by atoms with Crippen molar-refractivity contribution in [3.05, 3.63) is 204 Å². The molecule has 0 radical (unpaired) electrons. The van der Waals surface area contributed by atoms with Crippen molar-refractivity contribution < 1.29 is 4.42 Å². The minimum Gasteiger partial charge on any atom is -0.455 e. The minimum atomic E-state index is -0.195. The molecular weight excluding hydrogens is 635 g/mol. The van der Waals surface area contributed by atoms with Crippen LogP contribution in [0.5, 0.6) is 0 Å². The Kier molecular flexibility index (Phi) is 7.59. The summed E-state index contributed by atoms with van der Waals surface area (Å²) < 4.78 is 6.82. The Balaban J connectivity index is 1.42. The third-order valence-electron chi connectivity index (χ3n) is 10.3. The number of hydrogen-bond donors (Lipinski definition) is 2. The van der Waals surface area contributed by atoms with Crippen LogP contribution in [0.2, 0.25) is 0 Å². The smallest absolute Gasteiger partial charge is 0.143 e. The number of benzene rings is 7. The van der Waals surface area contributed by atoms with Gasteiger partial charge < -0.3 is 14.6 Å². The van der Waals surface area contributed by atoms with Gasteiger partial charge in [0.15, 0.2) is 0 Å². The molecule has 0 saturated carbocycles. The van der Waals surface area contributed by atoms with Crippen molar-refractivity contribution in [3.63, 3.8) is 0 Å². The summed E-state index contributed by atoms with van der Waals surface area (Å²) in [5, 5.41) is 15.8. The second-order valence-corrected chi connectivity index (χ2v) is 13.8. The molecule has 7 aromatic carbocycles. The molecule has 1 aromatic heterocycles. The summed E-state index contributed by atoms with van der Waals surface area (Å²) in [6, 6.07) is 60.6. The van der Waals surface area contributed by atoms with Crippen LogP contribution in [0.1, 0.15) is 41.7 Å². The molecule has 0 unspecified atom stereocenters. The number of hydrogen-bond acceptors (Lipinski definition) is 4. The van der Waals surface area contributed by atoms with E-state index in [2.05, 4.69) is 121 Å². The lowest BCUT2D eigenvalue weighted by Gasteiger charge is -2.42. The zero-order chi connectivity index (χ0) is 35.2. The van der Waals surface area contributed by atoms with Crippen molar-refractivity contribution in [2.75, 3.05) is 10.2 Å². The van der Waals surface area contributed by atoms with Crippen LogP contribution < -0.4 is 10.2 Å². The first-order valence-corrected chi connectivity index (χ1v) is 17.7. The number of para-hydroxylation sites is 4. The van der Waals surface area contributed by atoms with Crippen LogP contribution >= 0.6 is 0 Å². The molecule has 0 amide bonds. The Bertz CT molecular complexity index is 2590. The first kappa shape index (κ1) is 31.3. The highest BCUT2D eigenvalue weighted by Crippen LogP contribution is 2.53. The van der Waals surface area contributed by atoms with E-state index in [1.807, 2.05) is 78.9 Å². The molecule has 2 N–H and O–H groups in total. The molecule has 9 rings (SSSR count). The van der Waals surface area contributed by atoms with Crippen LogP contribution in [-0.4, -0.2) is 5.71 Å². The third kappa shape index (κ3) is 5.19. The summed E-state index contributed by atoms with van der Waals surface area (Å²) in [7, 11) is 0. The number of nitrogens with one attached hydrogen (secondary N) is 2. The summed E-state index contributed by atoms with van der Waals surface area (Å²) in [4.78, 5) is 2.39. The van der Waals surface area contributed by atoms with Crippen LogP contribution in [-0.2, 0) is 5.41 Å². The molecule has 0 spiro atoms. The van der Waals surface area contributed by atoms with E-state index in [1.165, 1.54) is 11.1 Å². The number of allylic oxidation sites excluding steroid dienone is 1. The average Bonchev–Trinajstić information content (AvgIpc) is 3.58. The first-order valence-electron chi connectivity index (χ1n) is 17.7. The zero-order valence-corrected chi connectivity index (χ0v) is 29.1. The highest BCUT2D eigenvalue weighted by atomic mass is 16.3. The topological polar surface area (TPSA) is 52.3 Å². The number of fused-ring (bicyclic) bond motifs is 5. The second-order valence-electron chi connectivity index (χ2n) is 13.8. The molecule has 0 fully saturated rings. The molecule has 4 heteroatoms. The monoisotopic (exact) mass is 671 g/mol.